The van der Waals surface area contributed by atoms with E-state index in [2.05, 4.69) is 4.74 Å². The summed E-state index contributed by atoms with van der Waals surface area (Å²) in [5.74, 6) is -1.49. The number of ketones is 2. The number of hydrogen-bond donors (Lipinski definition) is 0. The third-order valence-electron chi connectivity index (χ3n) is 3.63. The van der Waals surface area contributed by atoms with Gasteiger partial charge in [-0.1, -0.05) is 12.1 Å². The third kappa shape index (κ3) is 5.44. The number of benzene rings is 1. The van der Waals surface area contributed by atoms with Crippen LogP contribution in [0.25, 0.3) is 6.08 Å². The minimum Gasteiger partial charge on any atom is -0.497 e. The first-order valence-corrected chi connectivity index (χ1v) is 8.22. The van der Waals surface area contributed by atoms with E-state index in [0.29, 0.717) is 6.54 Å². The number of esters is 1. The summed E-state index contributed by atoms with van der Waals surface area (Å²) in [5, 5.41) is 0. The van der Waals surface area contributed by atoms with E-state index in [0.717, 1.165) is 17.0 Å². The van der Waals surface area contributed by atoms with E-state index in [9.17, 15) is 14.4 Å². The number of hydrogen-bond acceptors (Lipinski definition) is 5. The van der Waals surface area contributed by atoms with Crippen molar-refractivity contribution >= 4 is 23.6 Å². The zero-order valence-electron chi connectivity index (χ0n) is 14.8. The molecule has 0 saturated carbocycles. The normalized spacial score (nSPS) is 10.7. The number of rotatable bonds is 9. The zero-order valence-corrected chi connectivity index (χ0v) is 14.8. The molecule has 0 radical (unpaired) electrons. The van der Waals surface area contributed by atoms with E-state index in [4.69, 9.17) is 4.74 Å². The largest absolute Gasteiger partial charge is 0.497 e. The highest BCUT2D eigenvalue weighted by Crippen LogP contribution is 2.15. The molecule has 1 aromatic heterocycles. The van der Waals surface area contributed by atoms with Gasteiger partial charge in [-0.15, -0.1) is 0 Å². The first-order chi connectivity index (χ1) is 12.5. The van der Waals surface area contributed by atoms with Crippen LogP contribution < -0.4 is 4.74 Å². The summed E-state index contributed by atoms with van der Waals surface area (Å²) in [4.78, 5) is 34.7. The summed E-state index contributed by atoms with van der Waals surface area (Å²) >= 11 is 0. The Morgan fingerprint density at radius 3 is 2.69 bits per heavy atom. The van der Waals surface area contributed by atoms with Crippen LogP contribution in [0.2, 0.25) is 0 Å². The molecule has 2 aromatic rings. The lowest BCUT2D eigenvalue weighted by Crippen LogP contribution is -2.19. The fourth-order valence-electron chi connectivity index (χ4n) is 2.37. The van der Waals surface area contributed by atoms with E-state index in [1.165, 1.54) is 6.08 Å². The van der Waals surface area contributed by atoms with Crippen molar-refractivity contribution in [2.45, 2.75) is 19.9 Å². The molecule has 0 fully saturated rings. The van der Waals surface area contributed by atoms with Crippen LogP contribution >= 0.6 is 0 Å². The highest BCUT2D eigenvalue weighted by Gasteiger charge is 2.17. The third-order valence-corrected chi connectivity index (χ3v) is 3.63. The van der Waals surface area contributed by atoms with Crippen LogP contribution in [0.4, 0.5) is 0 Å². The van der Waals surface area contributed by atoms with Gasteiger partial charge in [0.1, 0.15) is 5.75 Å². The number of allylic oxidation sites excluding steroid dienone is 1. The summed E-state index contributed by atoms with van der Waals surface area (Å²) in [6, 6.07) is 11.4. The molecular formula is C20H21NO5. The molecule has 136 valence electrons. The lowest BCUT2D eigenvalue weighted by Gasteiger charge is -2.08. The minimum absolute atomic E-state index is 0.104. The van der Waals surface area contributed by atoms with Crippen molar-refractivity contribution in [3.05, 3.63) is 59.9 Å². The summed E-state index contributed by atoms with van der Waals surface area (Å²) in [6.45, 7) is 2.32. The van der Waals surface area contributed by atoms with E-state index in [-0.39, 0.29) is 6.61 Å². The highest BCUT2D eigenvalue weighted by molar-refractivity contribution is 6.37. The lowest BCUT2D eigenvalue weighted by atomic mass is 10.2. The first kappa shape index (κ1) is 19.2. The first-order valence-electron chi connectivity index (χ1n) is 8.22. The Balaban J connectivity index is 2.01. The lowest BCUT2D eigenvalue weighted by molar-refractivity contribution is -0.154. The molecular weight excluding hydrogens is 334 g/mol. The van der Waals surface area contributed by atoms with Gasteiger partial charge in [-0.25, -0.2) is 4.79 Å². The van der Waals surface area contributed by atoms with Crippen LogP contribution in [0, 0.1) is 0 Å². The van der Waals surface area contributed by atoms with Gasteiger partial charge in [0.25, 0.3) is 0 Å². The molecule has 0 aliphatic carbocycles. The average Bonchev–Trinajstić information content (AvgIpc) is 3.07. The maximum Gasteiger partial charge on any atom is 0.375 e. The standard InChI is InChI=1S/C20H21NO5/c1-3-26-20(24)19(23)13-17(22)10-9-16-7-5-11-21(16)14-15-6-4-8-18(12-15)25-2/h4-12H,3,13-14H2,1-2H3/b10-9+. The monoisotopic (exact) mass is 355 g/mol. The van der Waals surface area contributed by atoms with Crippen LogP contribution in [0.1, 0.15) is 24.6 Å². The van der Waals surface area contributed by atoms with Crippen molar-refractivity contribution < 1.29 is 23.9 Å². The molecule has 0 unspecified atom stereocenters. The van der Waals surface area contributed by atoms with Gasteiger partial charge in [-0.2, -0.15) is 0 Å². The van der Waals surface area contributed by atoms with Gasteiger partial charge >= 0.3 is 5.97 Å². The number of aromatic nitrogens is 1. The molecule has 0 amide bonds. The quantitative estimate of drug-likeness (QED) is 0.299. The van der Waals surface area contributed by atoms with Crippen molar-refractivity contribution in [1.29, 1.82) is 0 Å². The maximum atomic E-state index is 11.9. The van der Waals surface area contributed by atoms with Crippen LogP contribution in [0.5, 0.6) is 5.75 Å². The van der Waals surface area contributed by atoms with Crippen LogP contribution in [0.15, 0.2) is 48.7 Å². The Bertz CT molecular complexity index is 819. The van der Waals surface area contributed by atoms with E-state index >= 15 is 0 Å². The minimum atomic E-state index is -0.976. The van der Waals surface area contributed by atoms with E-state index in [1.54, 1.807) is 20.1 Å². The number of carbonyl (C=O) groups is 3. The van der Waals surface area contributed by atoms with Crippen LogP contribution in [-0.2, 0) is 25.7 Å². The Hall–Kier alpha value is -3.15. The zero-order chi connectivity index (χ0) is 18.9. The van der Waals surface area contributed by atoms with Gasteiger partial charge in [0.05, 0.1) is 20.1 Å². The fourth-order valence-corrected chi connectivity index (χ4v) is 2.37. The molecule has 26 heavy (non-hydrogen) atoms. The van der Waals surface area contributed by atoms with Crippen molar-refractivity contribution in [3.8, 4) is 5.75 Å². The second-order valence-electron chi connectivity index (χ2n) is 5.53. The molecule has 0 aliphatic heterocycles. The Morgan fingerprint density at radius 1 is 1.15 bits per heavy atom. The number of carbonyl (C=O) groups excluding carboxylic acids is 3. The van der Waals surface area contributed by atoms with Crippen molar-refractivity contribution in [2.24, 2.45) is 0 Å². The number of nitrogens with zero attached hydrogens (tertiary/aromatic N) is 1. The fraction of sp³-hybridized carbons (Fsp3) is 0.250. The average molecular weight is 355 g/mol. The van der Waals surface area contributed by atoms with Gasteiger partial charge < -0.3 is 14.0 Å². The smallest absolute Gasteiger partial charge is 0.375 e. The number of Topliss-reactive ketones (excluding diaryl/α,β-unsaturated/α-hetero) is 1. The predicted molar refractivity (Wildman–Crippen MR) is 96.8 cm³/mol. The SMILES string of the molecule is CCOC(=O)C(=O)CC(=O)/C=C/c1cccn1Cc1cccc(OC)c1. The summed E-state index contributed by atoms with van der Waals surface area (Å²) < 4.78 is 11.8. The van der Waals surface area contributed by atoms with Gasteiger partial charge in [-0.3, -0.25) is 9.59 Å². The predicted octanol–water partition coefficient (Wildman–Crippen LogP) is 2.65. The molecule has 6 heteroatoms. The summed E-state index contributed by atoms with van der Waals surface area (Å²) in [5.41, 5.74) is 1.86. The molecule has 0 N–H and O–H groups in total. The van der Waals surface area contributed by atoms with Gasteiger partial charge in [0, 0.05) is 18.4 Å². The van der Waals surface area contributed by atoms with Crippen molar-refractivity contribution in [3.63, 3.8) is 0 Å². The van der Waals surface area contributed by atoms with Gasteiger partial charge in [0.2, 0.25) is 5.78 Å². The topological polar surface area (TPSA) is 74.6 Å². The van der Waals surface area contributed by atoms with Crippen LogP contribution in [-0.4, -0.2) is 35.8 Å². The van der Waals surface area contributed by atoms with Gasteiger partial charge in [-0.05, 0) is 48.9 Å². The van der Waals surface area contributed by atoms with Crippen molar-refractivity contribution in [2.75, 3.05) is 13.7 Å². The molecule has 0 spiro atoms. The molecule has 1 aromatic carbocycles. The molecule has 0 saturated heterocycles. The highest BCUT2D eigenvalue weighted by atomic mass is 16.5. The van der Waals surface area contributed by atoms with Gasteiger partial charge in [0.15, 0.2) is 5.78 Å². The molecule has 6 nitrogen and oxygen atoms in total. The number of ether oxygens (including phenoxy) is 2. The molecule has 2 rings (SSSR count). The van der Waals surface area contributed by atoms with E-state index in [1.807, 2.05) is 47.2 Å². The summed E-state index contributed by atoms with van der Waals surface area (Å²) in [7, 11) is 1.62. The molecule has 1 heterocycles. The molecule has 0 atom stereocenters. The number of methoxy groups -OCH3 is 1. The van der Waals surface area contributed by atoms with Crippen LogP contribution in [0.3, 0.4) is 0 Å². The summed E-state index contributed by atoms with van der Waals surface area (Å²) in [6.07, 6.45) is 4.33. The second kappa shape index (κ2) is 9.36. The Kier molecular flexibility index (Phi) is 6.91. The Labute approximate surface area is 152 Å². The maximum absolute atomic E-state index is 11.9. The molecule has 0 aliphatic rings. The van der Waals surface area contributed by atoms with Crippen molar-refractivity contribution in [1.82, 2.24) is 4.57 Å². The Morgan fingerprint density at radius 2 is 1.96 bits per heavy atom. The molecule has 0 bridgehead atoms. The van der Waals surface area contributed by atoms with E-state index < -0.39 is 24.0 Å². The second-order valence-corrected chi connectivity index (χ2v) is 5.53.